The van der Waals surface area contributed by atoms with E-state index in [1.54, 1.807) is 11.0 Å². The van der Waals surface area contributed by atoms with Crippen LogP contribution in [0.4, 0.5) is 18.6 Å². The highest BCUT2D eigenvalue weighted by atomic mass is 79.9. The Labute approximate surface area is 199 Å². The highest BCUT2D eigenvalue weighted by Crippen LogP contribution is 2.31. The highest BCUT2D eigenvalue weighted by molar-refractivity contribution is 9.10. The summed E-state index contributed by atoms with van der Waals surface area (Å²) in [5.41, 5.74) is -0.811. The number of anilines is 1. The molecule has 3 N–H and O–H groups in total. The van der Waals surface area contributed by atoms with Gasteiger partial charge in [-0.15, -0.1) is 0 Å². The van der Waals surface area contributed by atoms with Gasteiger partial charge in [0.25, 0.3) is 0 Å². The van der Waals surface area contributed by atoms with Gasteiger partial charge in [0.1, 0.15) is 23.2 Å². The van der Waals surface area contributed by atoms with Crippen molar-refractivity contribution < 1.29 is 33.0 Å². The number of hydrogen-bond donors (Lipinski definition) is 3. The van der Waals surface area contributed by atoms with Crippen molar-refractivity contribution in [3.05, 3.63) is 51.5 Å². The number of urea groups is 1. The molecule has 3 rings (SSSR count). The number of unbranched alkanes of at least 4 members (excludes halogenated alkanes) is 1. The Kier molecular flexibility index (Phi) is 8.33. The van der Waals surface area contributed by atoms with Crippen molar-refractivity contribution in [2.24, 2.45) is 0 Å². The van der Waals surface area contributed by atoms with Crippen LogP contribution in [-0.4, -0.2) is 51.9 Å². The average molecular weight is 545 g/mol. The zero-order valence-electron chi connectivity index (χ0n) is 17.1. The molecule has 0 radical (unpaired) electrons. The third kappa shape index (κ3) is 6.48. The fourth-order valence-electron chi connectivity index (χ4n) is 2.95. The summed E-state index contributed by atoms with van der Waals surface area (Å²) < 4.78 is 37.2. The Hall–Kier alpha value is -3.06. The number of nitrogens with one attached hydrogen (secondary N) is 2. The standard InChI is InChI=1S/C20H19BrF2N4O5S/c21-11-8-13(22)12(14(23)9-11)10-32-17-16(19(29)30)18(33-26-17)25-20(31)24-5-1-2-6-27-7-3-4-15(27)28/h3-4,8-9H,1-2,5-7,10H2,(H,29,30)(H2,24,25,31). The largest absolute Gasteiger partial charge is 0.477 e. The maximum absolute atomic E-state index is 14.0. The lowest BCUT2D eigenvalue weighted by Gasteiger charge is -2.15. The van der Waals surface area contributed by atoms with E-state index >= 15 is 0 Å². The van der Waals surface area contributed by atoms with E-state index < -0.39 is 35.8 Å². The van der Waals surface area contributed by atoms with Gasteiger partial charge in [0.05, 0.1) is 5.56 Å². The van der Waals surface area contributed by atoms with E-state index in [-0.39, 0.29) is 26.8 Å². The molecule has 0 bridgehead atoms. The number of rotatable bonds is 10. The molecule has 1 aliphatic rings. The number of hydrogen-bond acceptors (Lipinski definition) is 6. The van der Waals surface area contributed by atoms with Gasteiger partial charge >= 0.3 is 12.0 Å². The summed E-state index contributed by atoms with van der Waals surface area (Å²) in [4.78, 5) is 36.9. The minimum absolute atomic E-state index is 0.0317. The second-order valence-corrected chi connectivity index (χ2v) is 8.60. The van der Waals surface area contributed by atoms with E-state index in [1.165, 1.54) is 6.08 Å². The van der Waals surface area contributed by atoms with Gasteiger partial charge in [-0.25, -0.2) is 18.4 Å². The predicted octanol–water partition coefficient (Wildman–Crippen LogP) is 3.76. The summed E-state index contributed by atoms with van der Waals surface area (Å²) in [6, 6.07) is 1.47. The number of aromatic carboxylic acids is 1. The first-order valence-electron chi connectivity index (χ1n) is 9.75. The van der Waals surface area contributed by atoms with Gasteiger partial charge in [0.2, 0.25) is 11.8 Å². The number of nitrogens with zero attached hydrogens (tertiary/aromatic N) is 2. The third-order valence-electron chi connectivity index (χ3n) is 4.60. The Morgan fingerprint density at radius 3 is 2.64 bits per heavy atom. The van der Waals surface area contributed by atoms with Crippen molar-refractivity contribution in [2.45, 2.75) is 19.4 Å². The lowest BCUT2D eigenvalue weighted by Crippen LogP contribution is -2.31. The molecule has 0 aliphatic carbocycles. The normalized spacial score (nSPS) is 12.8. The van der Waals surface area contributed by atoms with Crippen LogP contribution in [0.2, 0.25) is 0 Å². The molecule has 1 aromatic heterocycles. The zero-order chi connectivity index (χ0) is 24.0. The number of carbonyl (C=O) groups is 3. The van der Waals surface area contributed by atoms with Crippen LogP contribution < -0.4 is 15.4 Å². The molecule has 0 saturated carbocycles. The van der Waals surface area contributed by atoms with Gasteiger partial charge in [-0.2, -0.15) is 4.37 Å². The van der Waals surface area contributed by atoms with Gasteiger partial charge in [-0.05, 0) is 36.5 Å². The second-order valence-electron chi connectivity index (χ2n) is 6.91. The van der Waals surface area contributed by atoms with Crippen LogP contribution in [0.3, 0.4) is 0 Å². The molecule has 2 heterocycles. The molecule has 2 aromatic rings. The number of amides is 3. The molecule has 0 atom stereocenters. The predicted molar refractivity (Wildman–Crippen MR) is 119 cm³/mol. The molecule has 0 spiro atoms. The molecule has 0 unspecified atom stereocenters. The molecule has 33 heavy (non-hydrogen) atoms. The third-order valence-corrected chi connectivity index (χ3v) is 5.80. The van der Waals surface area contributed by atoms with Crippen LogP contribution in [-0.2, 0) is 11.4 Å². The Morgan fingerprint density at radius 1 is 1.27 bits per heavy atom. The summed E-state index contributed by atoms with van der Waals surface area (Å²) in [7, 11) is 0. The molecular formula is C20H19BrF2N4O5S. The maximum atomic E-state index is 14.0. The van der Waals surface area contributed by atoms with E-state index in [0.717, 1.165) is 12.1 Å². The van der Waals surface area contributed by atoms with Gasteiger partial charge in [0.15, 0.2) is 5.56 Å². The Morgan fingerprint density at radius 2 is 2.00 bits per heavy atom. The second kappa shape index (κ2) is 11.2. The van der Waals surface area contributed by atoms with Crippen molar-refractivity contribution in [1.82, 2.24) is 14.6 Å². The summed E-state index contributed by atoms with van der Waals surface area (Å²) in [5, 5.41) is 14.4. The molecule has 1 aliphatic heterocycles. The van der Waals surface area contributed by atoms with Gasteiger partial charge in [0, 0.05) is 30.2 Å². The van der Waals surface area contributed by atoms with Crippen LogP contribution in [0.1, 0.15) is 28.8 Å². The van der Waals surface area contributed by atoms with E-state index in [2.05, 4.69) is 30.9 Å². The molecule has 13 heteroatoms. The van der Waals surface area contributed by atoms with Crippen molar-refractivity contribution in [2.75, 3.05) is 25.0 Å². The van der Waals surface area contributed by atoms with Crippen LogP contribution in [0, 0.1) is 11.6 Å². The quantitative estimate of drug-likeness (QED) is 0.391. The number of carboxylic acids is 1. The van der Waals surface area contributed by atoms with Crippen LogP contribution in [0.5, 0.6) is 5.88 Å². The lowest BCUT2D eigenvalue weighted by atomic mass is 10.2. The summed E-state index contributed by atoms with van der Waals surface area (Å²) in [6.45, 7) is 0.888. The van der Waals surface area contributed by atoms with Gasteiger partial charge < -0.3 is 20.1 Å². The molecule has 0 fully saturated rings. The Bertz CT molecular complexity index is 1070. The van der Waals surface area contributed by atoms with Crippen molar-refractivity contribution in [3.8, 4) is 5.88 Å². The first-order chi connectivity index (χ1) is 15.8. The number of aromatic nitrogens is 1. The minimum atomic E-state index is -1.42. The molecule has 1 aromatic carbocycles. The summed E-state index contributed by atoms with van der Waals surface area (Å²) in [5.74, 6) is -3.55. The first kappa shape index (κ1) is 24.6. The van der Waals surface area contributed by atoms with E-state index in [0.29, 0.717) is 44.0 Å². The van der Waals surface area contributed by atoms with Crippen LogP contribution in [0.15, 0.2) is 28.8 Å². The van der Waals surface area contributed by atoms with Gasteiger partial charge in [-0.1, -0.05) is 22.0 Å². The Balaban J connectivity index is 1.52. The van der Waals surface area contributed by atoms with Crippen molar-refractivity contribution in [1.29, 1.82) is 0 Å². The molecule has 176 valence electrons. The number of halogens is 3. The molecule has 3 amide bonds. The zero-order valence-corrected chi connectivity index (χ0v) is 19.5. The van der Waals surface area contributed by atoms with E-state index in [4.69, 9.17) is 4.74 Å². The average Bonchev–Trinajstić information content (AvgIpc) is 3.32. The topological polar surface area (TPSA) is 121 Å². The lowest BCUT2D eigenvalue weighted by molar-refractivity contribution is -0.124. The first-order valence-corrected chi connectivity index (χ1v) is 11.3. The van der Waals surface area contributed by atoms with E-state index in [9.17, 15) is 28.3 Å². The minimum Gasteiger partial charge on any atom is -0.477 e. The molecule has 0 saturated heterocycles. The smallest absolute Gasteiger partial charge is 0.344 e. The fraction of sp³-hybridized carbons (Fsp3) is 0.300. The number of ether oxygens (including phenoxy) is 1. The van der Waals surface area contributed by atoms with Crippen LogP contribution in [0.25, 0.3) is 0 Å². The van der Waals surface area contributed by atoms with Crippen LogP contribution >= 0.6 is 27.5 Å². The number of carboxylic acid groups (broad SMARTS) is 1. The van der Waals surface area contributed by atoms with Crippen molar-refractivity contribution in [3.63, 3.8) is 0 Å². The monoisotopic (exact) mass is 544 g/mol. The summed E-state index contributed by atoms with van der Waals surface area (Å²) >= 11 is 3.64. The maximum Gasteiger partial charge on any atom is 0.344 e. The van der Waals surface area contributed by atoms with E-state index in [1.807, 2.05) is 0 Å². The molecular weight excluding hydrogens is 526 g/mol. The van der Waals surface area contributed by atoms with Crippen molar-refractivity contribution >= 4 is 50.4 Å². The number of carbonyl (C=O) groups excluding carboxylic acids is 2. The molecule has 9 nitrogen and oxygen atoms in total. The van der Waals surface area contributed by atoms with Gasteiger partial charge in [-0.3, -0.25) is 10.1 Å². The highest BCUT2D eigenvalue weighted by Gasteiger charge is 2.24. The SMILES string of the molecule is O=C(NCCCCN1CC=CC1=O)Nc1snc(OCc2c(F)cc(Br)cc2F)c1C(=O)O. The summed E-state index contributed by atoms with van der Waals surface area (Å²) in [6.07, 6.45) is 4.61. The number of benzene rings is 1. The fourth-order valence-corrected chi connectivity index (χ4v) is 4.08.